The van der Waals surface area contributed by atoms with E-state index in [1.54, 1.807) is 0 Å². The number of hydrogen-bond donors (Lipinski definition) is 0. The molecule has 2 heteroatoms. The van der Waals surface area contributed by atoms with Crippen molar-refractivity contribution in [1.29, 1.82) is 0 Å². The lowest BCUT2D eigenvalue weighted by molar-refractivity contribution is 0.661. The number of rotatable bonds is 4. The Hall–Kier alpha value is -5.86. The molecule has 2 nitrogen and oxygen atoms in total. The molecule has 0 fully saturated rings. The van der Waals surface area contributed by atoms with Crippen LogP contribution in [-0.2, 0) is 5.41 Å². The Morgan fingerprint density at radius 3 is 1.64 bits per heavy atom. The first kappa shape index (κ1) is 27.5. The van der Waals surface area contributed by atoms with E-state index in [1.807, 2.05) is 12.1 Å². The fourth-order valence-corrected chi connectivity index (χ4v) is 7.50. The lowest BCUT2D eigenvalue weighted by Gasteiger charge is -2.22. The quantitative estimate of drug-likeness (QED) is 0.201. The van der Waals surface area contributed by atoms with Gasteiger partial charge in [-0.2, -0.15) is 0 Å². The van der Waals surface area contributed by atoms with Crippen LogP contribution in [0.15, 0.2) is 158 Å². The molecule has 8 aromatic rings. The van der Waals surface area contributed by atoms with Gasteiger partial charge in [0.15, 0.2) is 5.82 Å². The van der Waals surface area contributed by atoms with Gasteiger partial charge in [-0.05, 0) is 73.1 Å². The molecule has 0 saturated carbocycles. The summed E-state index contributed by atoms with van der Waals surface area (Å²) in [5.74, 6) is 0.727. The summed E-state index contributed by atoms with van der Waals surface area (Å²) in [6, 6.07) is 56.4. The molecule has 0 spiro atoms. The third kappa shape index (κ3) is 4.40. The number of fused-ring (bicyclic) bond motifs is 6. The minimum Gasteiger partial charge on any atom is -0.228 e. The normalized spacial score (nSPS) is 13.1. The highest BCUT2D eigenvalue weighted by Gasteiger charge is 2.36. The van der Waals surface area contributed by atoms with Crippen LogP contribution in [-0.4, -0.2) is 9.97 Å². The molecule has 47 heavy (non-hydrogen) atoms. The van der Waals surface area contributed by atoms with Gasteiger partial charge in [-0.15, -0.1) is 0 Å². The molecule has 1 heterocycles. The zero-order chi connectivity index (χ0) is 31.5. The highest BCUT2D eigenvalue weighted by Crippen LogP contribution is 2.52. The summed E-state index contributed by atoms with van der Waals surface area (Å²) >= 11 is 0. The topological polar surface area (TPSA) is 25.8 Å². The summed E-state index contributed by atoms with van der Waals surface area (Å²) in [6.07, 6.45) is 0. The van der Waals surface area contributed by atoms with Crippen molar-refractivity contribution in [3.8, 4) is 56.2 Å². The van der Waals surface area contributed by atoms with Crippen LogP contribution in [0.4, 0.5) is 0 Å². The van der Waals surface area contributed by atoms with Gasteiger partial charge < -0.3 is 0 Å². The van der Waals surface area contributed by atoms with Crippen LogP contribution in [0.1, 0.15) is 25.0 Å². The molecule has 0 bridgehead atoms. The summed E-state index contributed by atoms with van der Waals surface area (Å²) < 4.78 is 0. The summed E-state index contributed by atoms with van der Waals surface area (Å²) in [7, 11) is 0. The number of nitrogens with zero attached hydrogens (tertiary/aromatic N) is 2. The highest BCUT2D eigenvalue weighted by atomic mass is 14.9. The summed E-state index contributed by atoms with van der Waals surface area (Å²) in [4.78, 5) is 10.3. The third-order valence-corrected chi connectivity index (χ3v) is 9.91. The Bertz CT molecular complexity index is 2420. The van der Waals surface area contributed by atoms with Crippen molar-refractivity contribution in [2.24, 2.45) is 0 Å². The van der Waals surface area contributed by atoms with Crippen molar-refractivity contribution in [3.05, 3.63) is 169 Å². The molecule has 0 N–H and O–H groups in total. The molecular weight excluding hydrogens is 569 g/mol. The van der Waals surface area contributed by atoms with E-state index in [4.69, 9.17) is 9.97 Å². The van der Waals surface area contributed by atoms with Crippen molar-refractivity contribution in [3.63, 3.8) is 0 Å². The molecular formula is C45H32N2. The van der Waals surface area contributed by atoms with Gasteiger partial charge in [0.05, 0.1) is 11.4 Å². The largest absolute Gasteiger partial charge is 0.228 e. The van der Waals surface area contributed by atoms with Crippen LogP contribution < -0.4 is 0 Å². The van der Waals surface area contributed by atoms with E-state index in [9.17, 15) is 0 Å². The van der Waals surface area contributed by atoms with Gasteiger partial charge >= 0.3 is 0 Å². The van der Waals surface area contributed by atoms with Crippen molar-refractivity contribution >= 4 is 21.5 Å². The molecule has 0 atom stereocenters. The molecule has 0 radical (unpaired) electrons. The second kappa shape index (κ2) is 10.6. The Morgan fingerprint density at radius 2 is 0.957 bits per heavy atom. The van der Waals surface area contributed by atoms with Gasteiger partial charge in [0.1, 0.15) is 0 Å². The first-order valence-corrected chi connectivity index (χ1v) is 16.3. The van der Waals surface area contributed by atoms with Crippen molar-refractivity contribution in [2.45, 2.75) is 19.3 Å². The van der Waals surface area contributed by atoms with Crippen LogP contribution in [0.25, 0.3) is 77.7 Å². The van der Waals surface area contributed by atoms with Gasteiger partial charge in [-0.1, -0.05) is 153 Å². The van der Waals surface area contributed by atoms with Gasteiger partial charge in [-0.25, -0.2) is 9.97 Å². The Labute approximate surface area is 275 Å². The maximum absolute atomic E-state index is 5.15. The highest BCUT2D eigenvalue weighted by molar-refractivity contribution is 6.06. The first-order valence-electron chi connectivity index (χ1n) is 16.3. The monoisotopic (exact) mass is 600 g/mol. The van der Waals surface area contributed by atoms with Crippen molar-refractivity contribution in [2.75, 3.05) is 0 Å². The van der Waals surface area contributed by atoms with E-state index in [1.165, 1.54) is 49.5 Å². The Kier molecular flexibility index (Phi) is 6.20. The molecule has 0 saturated heterocycles. The smallest absolute Gasteiger partial charge is 0.161 e. The lowest BCUT2D eigenvalue weighted by atomic mass is 9.81. The average molecular weight is 601 g/mol. The maximum Gasteiger partial charge on any atom is 0.161 e. The van der Waals surface area contributed by atoms with E-state index in [2.05, 4.69) is 159 Å². The zero-order valence-electron chi connectivity index (χ0n) is 26.4. The van der Waals surface area contributed by atoms with Crippen LogP contribution >= 0.6 is 0 Å². The van der Waals surface area contributed by atoms with Crippen molar-refractivity contribution < 1.29 is 0 Å². The molecule has 0 aliphatic heterocycles. The summed E-state index contributed by atoms with van der Waals surface area (Å²) in [6.45, 7) is 4.72. The number of benzene rings is 7. The minimum atomic E-state index is -0.0972. The molecule has 7 aromatic carbocycles. The van der Waals surface area contributed by atoms with E-state index < -0.39 is 0 Å². The average Bonchev–Trinajstić information content (AvgIpc) is 3.37. The molecule has 1 aliphatic rings. The van der Waals surface area contributed by atoms with Crippen molar-refractivity contribution in [1.82, 2.24) is 9.97 Å². The maximum atomic E-state index is 5.15. The van der Waals surface area contributed by atoms with E-state index in [0.717, 1.165) is 39.3 Å². The van der Waals surface area contributed by atoms with Crippen LogP contribution in [0.2, 0.25) is 0 Å². The van der Waals surface area contributed by atoms with E-state index >= 15 is 0 Å². The fraction of sp³-hybridized carbons (Fsp3) is 0.0667. The third-order valence-electron chi connectivity index (χ3n) is 9.91. The van der Waals surface area contributed by atoms with Gasteiger partial charge in [-0.3, -0.25) is 0 Å². The molecule has 1 aromatic heterocycles. The van der Waals surface area contributed by atoms with Gasteiger partial charge in [0.2, 0.25) is 0 Å². The number of hydrogen-bond acceptors (Lipinski definition) is 2. The van der Waals surface area contributed by atoms with Crippen LogP contribution in [0.3, 0.4) is 0 Å². The predicted octanol–water partition coefficient (Wildman–Crippen LogP) is 11.8. The Balaban J connectivity index is 1.21. The fourth-order valence-electron chi connectivity index (χ4n) is 7.50. The first-order chi connectivity index (χ1) is 23.1. The molecule has 222 valence electrons. The van der Waals surface area contributed by atoms with Gasteiger partial charge in [0, 0.05) is 22.1 Å². The molecule has 0 unspecified atom stereocenters. The Morgan fingerprint density at radius 1 is 0.404 bits per heavy atom. The molecule has 9 rings (SSSR count). The van der Waals surface area contributed by atoms with Crippen LogP contribution in [0, 0.1) is 0 Å². The van der Waals surface area contributed by atoms with Gasteiger partial charge in [0.25, 0.3) is 0 Å². The minimum absolute atomic E-state index is 0.0972. The summed E-state index contributed by atoms with van der Waals surface area (Å²) in [5.41, 5.74) is 12.8. The molecule has 0 amide bonds. The van der Waals surface area contributed by atoms with E-state index in [0.29, 0.717) is 0 Å². The summed E-state index contributed by atoms with van der Waals surface area (Å²) in [5, 5.41) is 4.95. The SMILES string of the molecule is CC1(C)c2cc(-c3ccc(-c4nc(-c5ccccc5)cc(-c5ccccc5)n4)c4ccccc34)ccc2-c2c1ccc1ccccc21. The standard InChI is InChI=1S/C45H32N2/c1-45(2)39-26-22-29-13-9-10-18-34(29)43(39)38-23-21-32(27-40(38)45)33-24-25-37(36-20-12-11-19-35(33)36)44-46-41(30-14-5-3-6-15-30)28-42(47-44)31-16-7-4-8-17-31/h3-28H,1-2H3. The lowest BCUT2D eigenvalue weighted by Crippen LogP contribution is -2.15. The second-order valence-corrected chi connectivity index (χ2v) is 13.0. The van der Waals surface area contributed by atoms with E-state index in [-0.39, 0.29) is 5.41 Å². The number of aromatic nitrogens is 2. The second-order valence-electron chi connectivity index (χ2n) is 13.0. The molecule has 1 aliphatic carbocycles. The predicted molar refractivity (Wildman–Crippen MR) is 196 cm³/mol. The van der Waals surface area contributed by atoms with Crippen LogP contribution in [0.5, 0.6) is 0 Å². The zero-order valence-corrected chi connectivity index (χ0v) is 26.4.